The summed E-state index contributed by atoms with van der Waals surface area (Å²) in [5, 5.41) is 7.65. The van der Waals surface area contributed by atoms with Crippen molar-refractivity contribution in [2.45, 2.75) is 6.42 Å². The van der Waals surface area contributed by atoms with E-state index >= 15 is 0 Å². The molecule has 0 spiro atoms. The van der Waals surface area contributed by atoms with Crippen LogP contribution in [0, 0.1) is 0 Å². The lowest BCUT2D eigenvalue weighted by atomic mass is 10.1. The summed E-state index contributed by atoms with van der Waals surface area (Å²) in [4.78, 5) is 12.4. The van der Waals surface area contributed by atoms with Gasteiger partial charge >= 0.3 is 0 Å². The zero-order chi connectivity index (χ0) is 18.5. The van der Waals surface area contributed by atoms with E-state index in [1.807, 2.05) is 24.3 Å². The molecule has 6 heteroatoms. The van der Waals surface area contributed by atoms with Crippen LogP contribution in [-0.2, 0) is 11.2 Å². The van der Waals surface area contributed by atoms with Crippen molar-refractivity contribution in [1.29, 1.82) is 0 Å². The molecule has 0 aromatic heterocycles. The second-order valence-corrected chi connectivity index (χ2v) is 6.86. The lowest BCUT2D eigenvalue weighted by molar-refractivity contribution is -0.115. The molecule has 3 aromatic rings. The van der Waals surface area contributed by atoms with Gasteiger partial charge in [0.25, 0.3) is 0 Å². The summed E-state index contributed by atoms with van der Waals surface area (Å²) in [5.41, 5.74) is 2.85. The maximum atomic E-state index is 12.4. The van der Waals surface area contributed by atoms with Crippen LogP contribution in [0.1, 0.15) is 5.56 Å². The summed E-state index contributed by atoms with van der Waals surface area (Å²) < 4.78 is 0. The van der Waals surface area contributed by atoms with Crippen molar-refractivity contribution < 1.29 is 4.79 Å². The van der Waals surface area contributed by atoms with Gasteiger partial charge in [-0.25, -0.2) is 0 Å². The molecule has 0 heterocycles. The Kier molecular flexibility index (Phi) is 6.04. The maximum Gasteiger partial charge on any atom is 0.228 e. The number of benzene rings is 3. The van der Waals surface area contributed by atoms with Crippen LogP contribution >= 0.6 is 34.8 Å². The predicted molar refractivity (Wildman–Crippen MR) is 110 cm³/mol. The summed E-state index contributed by atoms with van der Waals surface area (Å²) in [6.45, 7) is 0. The molecule has 0 aliphatic heterocycles. The van der Waals surface area contributed by atoms with Crippen LogP contribution in [0.15, 0.2) is 66.7 Å². The number of nitrogens with one attached hydrogen (secondary N) is 2. The van der Waals surface area contributed by atoms with Gasteiger partial charge in [0.1, 0.15) is 0 Å². The summed E-state index contributed by atoms with van der Waals surface area (Å²) in [6.07, 6.45) is 0.192. The Morgan fingerprint density at radius 3 is 2.27 bits per heavy atom. The molecule has 0 atom stereocenters. The third-order valence-corrected chi connectivity index (χ3v) is 4.56. The van der Waals surface area contributed by atoms with Crippen molar-refractivity contribution in [2.24, 2.45) is 0 Å². The average Bonchev–Trinajstić information content (AvgIpc) is 2.59. The Morgan fingerprint density at radius 2 is 1.54 bits per heavy atom. The molecule has 0 fully saturated rings. The van der Waals surface area contributed by atoms with E-state index in [-0.39, 0.29) is 12.3 Å². The topological polar surface area (TPSA) is 41.1 Å². The van der Waals surface area contributed by atoms with Crippen molar-refractivity contribution in [3.05, 3.63) is 87.4 Å². The molecule has 0 unspecified atom stereocenters. The third kappa shape index (κ3) is 4.70. The first kappa shape index (κ1) is 18.6. The second kappa shape index (κ2) is 8.45. The lowest BCUT2D eigenvalue weighted by Gasteiger charge is -2.14. The smallest absolute Gasteiger partial charge is 0.228 e. The predicted octanol–water partition coefficient (Wildman–Crippen LogP) is 6.57. The van der Waals surface area contributed by atoms with Gasteiger partial charge in [0.05, 0.1) is 22.2 Å². The van der Waals surface area contributed by atoms with Crippen molar-refractivity contribution >= 4 is 57.8 Å². The average molecular weight is 406 g/mol. The van der Waals surface area contributed by atoms with Crippen LogP contribution in [0.3, 0.4) is 0 Å². The molecule has 0 radical (unpaired) electrons. The standard InChI is InChI=1S/C20H15Cl3N2O/c21-14-6-3-7-15(12-14)24-19(26)11-13-5-1-2-10-18(13)25-20-16(22)8-4-9-17(20)23/h1-10,12,25H,11H2,(H,24,26). The minimum absolute atomic E-state index is 0.147. The highest BCUT2D eigenvalue weighted by atomic mass is 35.5. The van der Waals surface area contributed by atoms with E-state index in [4.69, 9.17) is 34.8 Å². The normalized spacial score (nSPS) is 10.4. The number of para-hydroxylation sites is 2. The number of rotatable bonds is 5. The first-order valence-electron chi connectivity index (χ1n) is 7.87. The van der Waals surface area contributed by atoms with Crippen LogP contribution in [-0.4, -0.2) is 5.91 Å². The van der Waals surface area contributed by atoms with Gasteiger partial charge in [-0.2, -0.15) is 0 Å². The zero-order valence-electron chi connectivity index (χ0n) is 13.6. The van der Waals surface area contributed by atoms with E-state index in [0.717, 1.165) is 11.3 Å². The van der Waals surface area contributed by atoms with Gasteiger partial charge in [0.2, 0.25) is 5.91 Å². The zero-order valence-corrected chi connectivity index (χ0v) is 15.9. The van der Waals surface area contributed by atoms with E-state index in [0.29, 0.717) is 26.4 Å². The molecule has 0 bridgehead atoms. The molecule has 2 N–H and O–H groups in total. The Bertz CT molecular complexity index is 924. The molecule has 3 nitrogen and oxygen atoms in total. The first-order valence-corrected chi connectivity index (χ1v) is 9.00. The van der Waals surface area contributed by atoms with Gasteiger partial charge in [-0.3, -0.25) is 4.79 Å². The molecule has 3 rings (SSSR count). The number of hydrogen-bond acceptors (Lipinski definition) is 2. The molecule has 26 heavy (non-hydrogen) atoms. The molecule has 0 aliphatic rings. The minimum atomic E-state index is -0.147. The van der Waals surface area contributed by atoms with Gasteiger partial charge in [-0.15, -0.1) is 0 Å². The van der Waals surface area contributed by atoms with Gasteiger partial charge in [-0.05, 0) is 42.0 Å². The fourth-order valence-electron chi connectivity index (χ4n) is 2.49. The first-order chi connectivity index (χ1) is 12.5. The Morgan fingerprint density at radius 1 is 0.846 bits per heavy atom. The van der Waals surface area contributed by atoms with E-state index < -0.39 is 0 Å². The highest BCUT2D eigenvalue weighted by Gasteiger charge is 2.11. The maximum absolute atomic E-state index is 12.4. The largest absolute Gasteiger partial charge is 0.353 e. The fourth-order valence-corrected chi connectivity index (χ4v) is 3.17. The monoisotopic (exact) mass is 404 g/mol. The van der Waals surface area contributed by atoms with Crippen LogP contribution in [0.25, 0.3) is 0 Å². The molecular weight excluding hydrogens is 391 g/mol. The van der Waals surface area contributed by atoms with Crippen molar-refractivity contribution in [1.82, 2.24) is 0 Å². The fraction of sp³-hybridized carbons (Fsp3) is 0.0500. The van der Waals surface area contributed by atoms with Crippen molar-refractivity contribution in [3.63, 3.8) is 0 Å². The number of amides is 1. The number of hydrogen-bond donors (Lipinski definition) is 2. The summed E-state index contributed by atoms with van der Waals surface area (Å²) in [6, 6.07) is 19.8. The van der Waals surface area contributed by atoms with E-state index in [9.17, 15) is 4.79 Å². The lowest BCUT2D eigenvalue weighted by Crippen LogP contribution is -2.15. The second-order valence-electron chi connectivity index (χ2n) is 5.61. The third-order valence-electron chi connectivity index (χ3n) is 3.70. The van der Waals surface area contributed by atoms with Gasteiger partial charge < -0.3 is 10.6 Å². The summed E-state index contributed by atoms with van der Waals surface area (Å²) in [5.74, 6) is -0.147. The van der Waals surface area contributed by atoms with E-state index in [1.54, 1.807) is 42.5 Å². The molecule has 0 saturated carbocycles. The SMILES string of the molecule is O=C(Cc1ccccc1Nc1c(Cl)cccc1Cl)Nc1cccc(Cl)c1. The molecule has 1 amide bonds. The minimum Gasteiger partial charge on any atom is -0.353 e. The molecule has 132 valence electrons. The van der Waals surface area contributed by atoms with E-state index in [2.05, 4.69) is 10.6 Å². The van der Waals surface area contributed by atoms with Gasteiger partial charge in [0, 0.05) is 16.4 Å². The number of halogens is 3. The number of carbonyl (C=O) groups excluding carboxylic acids is 1. The van der Waals surface area contributed by atoms with Crippen LogP contribution in [0.4, 0.5) is 17.1 Å². The Hall–Kier alpha value is -2.20. The van der Waals surface area contributed by atoms with Gasteiger partial charge in [-0.1, -0.05) is 65.1 Å². The molecule has 0 saturated heterocycles. The van der Waals surface area contributed by atoms with Crippen LogP contribution < -0.4 is 10.6 Å². The quantitative estimate of drug-likeness (QED) is 0.504. The summed E-state index contributed by atoms with van der Waals surface area (Å²) in [7, 11) is 0. The molecule has 0 aliphatic carbocycles. The van der Waals surface area contributed by atoms with Crippen molar-refractivity contribution in [2.75, 3.05) is 10.6 Å². The van der Waals surface area contributed by atoms with Gasteiger partial charge in [0.15, 0.2) is 0 Å². The van der Waals surface area contributed by atoms with Crippen LogP contribution in [0.5, 0.6) is 0 Å². The number of anilines is 3. The number of carbonyl (C=O) groups is 1. The highest BCUT2D eigenvalue weighted by Crippen LogP contribution is 2.33. The summed E-state index contributed by atoms with van der Waals surface area (Å²) >= 11 is 18.4. The van der Waals surface area contributed by atoms with Crippen LogP contribution in [0.2, 0.25) is 15.1 Å². The molecule has 3 aromatic carbocycles. The Labute approximate surface area is 166 Å². The van der Waals surface area contributed by atoms with Crippen molar-refractivity contribution in [3.8, 4) is 0 Å². The Balaban J connectivity index is 1.78. The van der Waals surface area contributed by atoms with E-state index in [1.165, 1.54) is 0 Å². The highest BCUT2D eigenvalue weighted by molar-refractivity contribution is 6.39. The molecular formula is C20H15Cl3N2O.